The van der Waals surface area contributed by atoms with Crippen LogP contribution in [0.2, 0.25) is 0 Å². The summed E-state index contributed by atoms with van der Waals surface area (Å²) in [6.45, 7) is 2.82. The van der Waals surface area contributed by atoms with Crippen molar-refractivity contribution in [2.75, 3.05) is 25.6 Å². The highest BCUT2D eigenvalue weighted by molar-refractivity contribution is 5.43. The quantitative estimate of drug-likeness (QED) is 0.765. The SMILES string of the molecule is COCC(O)CCNc1ccc2nnc(C)n2n1. The smallest absolute Gasteiger partial charge is 0.178 e. The van der Waals surface area contributed by atoms with Gasteiger partial charge in [0.15, 0.2) is 11.5 Å². The van der Waals surface area contributed by atoms with E-state index in [-0.39, 0.29) is 0 Å². The van der Waals surface area contributed by atoms with Crippen molar-refractivity contribution in [1.82, 2.24) is 19.8 Å². The maximum atomic E-state index is 9.50. The molecule has 18 heavy (non-hydrogen) atoms. The molecule has 2 N–H and O–H groups in total. The standard InChI is InChI=1S/C11H17N5O2/c1-8-13-14-11-4-3-10(15-16(8)11)12-6-5-9(17)7-18-2/h3-4,9,17H,5-7H2,1-2H3,(H,12,15). The molecule has 0 fully saturated rings. The van der Waals surface area contributed by atoms with E-state index in [9.17, 15) is 5.11 Å². The molecule has 0 radical (unpaired) electrons. The summed E-state index contributed by atoms with van der Waals surface area (Å²) in [4.78, 5) is 0. The summed E-state index contributed by atoms with van der Waals surface area (Å²) in [7, 11) is 1.57. The van der Waals surface area contributed by atoms with Gasteiger partial charge in [0.25, 0.3) is 0 Å². The Bertz CT molecular complexity index is 513. The Labute approximate surface area is 105 Å². The van der Waals surface area contributed by atoms with Gasteiger partial charge in [-0.1, -0.05) is 0 Å². The Hall–Kier alpha value is -1.73. The van der Waals surface area contributed by atoms with Crippen molar-refractivity contribution in [3.05, 3.63) is 18.0 Å². The number of aryl methyl sites for hydroxylation is 1. The maximum absolute atomic E-state index is 9.50. The second-order valence-corrected chi connectivity index (χ2v) is 4.06. The van der Waals surface area contributed by atoms with Gasteiger partial charge in [-0.25, -0.2) is 0 Å². The highest BCUT2D eigenvalue weighted by Gasteiger charge is 2.05. The largest absolute Gasteiger partial charge is 0.391 e. The third kappa shape index (κ3) is 2.93. The zero-order valence-electron chi connectivity index (χ0n) is 10.5. The molecule has 0 amide bonds. The Balaban J connectivity index is 1.93. The summed E-state index contributed by atoms with van der Waals surface area (Å²) in [5.41, 5.74) is 0.720. The molecule has 0 bridgehead atoms. The van der Waals surface area contributed by atoms with E-state index in [0.717, 1.165) is 17.3 Å². The molecule has 0 aliphatic carbocycles. The lowest BCUT2D eigenvalue weighted by molar-refractivity contribution is 0.0615. The monoisotopic (exact) mass is 251 g/mol. The third-order valence-corrected chi connectivity index (χ3v) is 2.56. The number of methoxy groups -OCH3 is 1. The number of hydrogen-bond acceptors (Lipinski definition) is 6. The minimum absolute atomic E-state index is 0.346. The van der Waals surface area contributed by atoms with E-state index in [1.54, 1.807) is 11.6 Å². The average Bonchev–Trinajstić information content (AvgIpc) is 2.71. The van der Waals surface area contributed by atoms with Crippen LogP contribution in [0.3, 0.4) is 0 Å². The van der Waals surface area contributed by atoms with E-state index in [4.69, 9.17) is 4.74 Å². The fourth-order valence-corrected chi connectivity index (χ4v) is 1.63. The predicted octanol–water partition coefficient (Wildman–Crippen LogP) is 0.242. The van der Waals surface area contributed by atoms with Crippen LogP contribution in [-0.4, -0.2) is 51.3 Å². The first kappa shape index (κ1) is 12.7. The van der Waals surface area contributed by atoms with Gasteiger partial charge in [-0.3, -0.25) is 0 Å². The summed E-state index contributed by atoms with van der Waals surface area (Å²) in [5, 5.41) is 24.9. The number of nitrogens with one attached hydrogen (secondary N) is 1. The molecular weight excluding hydrogens is 234 g/mol. The molecule has 0 aliphatic rings. The molecule has 1 unspecified atom stereocenters. The van der Waals surface area contributed by atoms with Crippen LogP contribution >= 0.6 is 0 Å². The zero-order valence-corrected chi connectivity index (χ0v) is 10.5. The molecule has 7 nitrogen and oxygen atoms in total. The highest BCUT2D eigenvalue weighted by Crippen LogP contribution is 2.06. The topological polar surface area (TPSA) is 84.6 Å². The van der Waals surface area contributed by atoms with Crippen molar-refractivity contribution in [3.8, 4) is 0 Å². The zero-order chi connectivity index (χ0) is 13.0. The predicted molar refractivity (Wildman–Crippen MR) is 66.5 cm³/mol. The molecule has 0 spiro atoms. The van der Waals surface area contributed by atoms with E-state index in [1.807, 2.05) is 19.1 Å². The summed E-state index contributed by atoms with van der Waals surface area (Å²) >= 11 is 0. The van der Waals surface area contributed by atoms with Gasteiger partial charge in [-0.2, -0.15) is 4.52 Å². The van der Waals surface area contributed by atoms with Gasteiger partial charge >= 0.3 is 0 Å². The normalized spacial score (nSPS) is 12.8. The minimum atomic E-state index is -0.456. The fraction of sp³-hybridized carbons (Fsp3) is 0.545. The first-order chi connectivity index (χ1) is 8.70. The molecule has 98 valence electrons. The van der Waals surface area contributed by atoms with Crippen LogP contribution in [0.15, 0.2) is 12.1 Å². The summed E-state index contributed by atoms with van der Waals surface area (Å²) in [5.74, 6) is 1.48. The minimum Gasteiger partial charge on any atom is -0.391 e. The van der Waals surface area contributed by atoms with E-state index in [0.29, 0.717) is 19.6 Å². The highest BCUT2D eigenvalue weighted by atomic mass is 16.5. The molecule has 2 aromatic heterocycles. The van der Waals surface area contributed by atoms with E-state index < -0.39 is 6.10 Å². The number of aromatic nitrogens is 4. The van der Waals surface area contributed by atoms with Crippen LogP contribution in [0.25, 0.3) is 5.65 Å². The molecular formula is C11H17N5O2. The molecule has 0 aliphatic heterocycles. The number of aliphatic hydroxyl groups is 1. The second-order valence-electron chi connectivity index (χ2n) is 4.06. The summed E-state index contributed by atoms with van der Waals surface area (Å²) < 4.78 is 6.53. The van der Waals surface area contributed by atoms with Gasteiger partial charge in [0.05, 0.1) is 12.7 Å². The van der Waals surface area contributed by atoms with Crippen molar-refractivity contribution >= 4 is 11.5 Å². The van der Waals surface area contributed by atoms with E-state index >= 15 is 0 Å². The lowest BCUT2D eigenvalue weighted by Crippen LogP contribution is -2.18. The Morgan fingerprint density at radius 3 is 3.06 bits per heavy atom. The fourth-order valence-electron chi connectivity index (χ4n) is 1.63. The van der Waals surface area contributed by atoms with Crippen LogP contribution < -0.4 is 5.32 Å². The molecule has 0 aromatic carbocycles. The third-order valence-electron chi connectivity index (χ3n) is 2.56. The lowest BCUT2D eigenvalue weighted by atomic mass is 10.2. The molecule has 2 rings (SSSR count). The van der Waals surface area contributed by atoms with Gasteiger partial charge in [0.2, 0.25) is 0 Å². The Morgan fingerprint density at radius 1 is 1.44 bits per heavy atom. The first-order valence-electron chi connectivity index (χ1n) is 5.80. The van der Waals surface area contributed by atoms with Gasteiger partial charge < -0.3 is 15.2 Å². The van der Waals surface area contributed by atoms with Crippen LogP contribution in [0.4, 0.5) is 5.82 Å². The molecule has 7 heteroatoms. The summed E-state index contributed by atoms with van der Waals surface area (Å²) in [6, 6.07) is 3.69. The van der Waals surface area contributed by atoms with Crippen LogP contribution in [0.5, 0.6) is 0 Å². The number of hydrogen-bond donors (Lipinski definition) is 2. The number of nitrogens with zero attached hydrogens (tertiary/aromatic N) is 4. The lowest BCUT2D eigenvalue weighted by Gasteiger charge is -2.10. The van der Waals surface area contributed by atoms with Crippen molar-refractivity contribution in [2.24, 2.45) is 0 Å². The van der Waals surface area contributed by atoms with Crippen LogP contribution in [0.1, 0.15) is 12.2 Å². The summed E-state index contributed by atoms with van der Waals surface area (Å²) in [6.07, 6.45) is 0.150. The Morgan fingerprint density at radius 2 is 2.28 bits per heavy atom. The Kier molecular flexibility index (Phi) is 4.06. The van der Waals surface area contributed by atoms with E-state index in [2.05, 4.69) is 20.6 Å². The number of anilines is 1. The molecule has 1 atom stereocenters. The van der Waals surface area contributed by atoms with Crippen molar-refractivity contribution < 1.29 is 9.84 Å². The molecule has 2 heterocycles. The van der Waals surface area contributed by atoms with Gasteiger partial charge in [-0.05, 0) is 25.5 Å². The van der Waals surface area contributed by atoms with E-state index in [1.165, 1.54) is 0 Å². The number of ether oxygens (including phenoxy) is 1. The molecule has 2 aromatic rings. The van der Waals surface area contributed by atoms with Gasteiger partial charge in [0, 0.05) is 13.7 Å². The number of aliphatic hydroxyl groups excluding tert-OH is 1. The number of rotatable bonds is 6. The van der Waals surface area contributed by atoms with Crippen molar-refractivity contribution in [2.45, 2.75) is 19.4 Å². The second kappa shape index (κ2) is 5.74. The molecule has 0 saturated heterocycles. The van der Waals surface area contributed by atoms with Crippen LogP contribution in [-0.2, 0) is 4.74 Å². The van der Waals surface area contributed by atoms with Crippen LogP contribution in [0, 0.1) is 6.92 Å². The van der Waals surface area contributed by atoms with Crippen molar-refractivity contribution in [3.63, 3.8) is 0 Å². The maximum Gasteiger partial charge on any atom is 0.178 e. The average molecular weight is 251 g/mol. The molecule has 0 saturated carbocycles. The van der Waals surface area contributed by atoms with Gasteiger partial charge in [-0.15, -0.1) is 15.3 Å². The number of fused-ring (bicyclic) bond motifs is 1. The van der Waals surface area contributed by atoms with Gasteiger partial charge in [0.1, 0.15) is 5.82 Å². The first-order valence-corrected chi connectivity index (χ1v) is 5.80. The van der Waals surface area contributed by atoms with Crippen molar-refractivity contribution in [1.29, 1.82) is 0 Å².